The highest BCUT2D eigenvalue weighted by Gasteiger charge is 2.10. The van der Waals surface area contributed by atoms with Crippen LogP contribution in [-0.2, 0) is 6.42 Å². The maximum absolute atomic E-state index is 9.93. The van der Waals surface area contributed by atoms with Crippen LogP contribution >= 0.6 is 0 Å². The molecule has 0 unspecified atom stereocenters. The molecule has 0 saturated heterocycles. The summed E-state index contributed by atoms with van der Waals surface area (Å²) in [4.78, 5) is 0. The second kappa shape index (κ2) is 4.69. The van der Waals surface area contributed by atoms with Gasteiger partial charge >= 0.3 is 0 Å². The molecule has 0 aliphatic heterocycles. The lowest BCUT2D eigenvalue weighted by atomic mass is 9.93. The van der Waals surface area contributed by atoms with Gasteiger partial charge in [0.05, 0.1) is 0 Å². The predicted octanol–water partition coefficient (Wildman–Crippen LogP) is 4.02. The third-order valence-corrected chi connectivity index (χ3v) is 2.66. The molecule has 0 aliphatic carbocycles. The van der Waals surface area contributed by atoms with Gasteiger partial charge in [-0.1, -0.05) is 39.8 Å². The zero-order valence-electron chi connectivity index (χ0n) is 10.5. The normalized spacial score (nSPS) is 11.4. The van der Waals surface area contributed by atoms with Crippen LogP contribution in [-0.4, -0.2) is 5.11 Å². The molecule has 15 heavy (non-hydrogen) atoms. The Balaban J connectivity index is 3.11. The first kappa shape index (κ1) is 12.1. The molecule has 1 N–H and O–H groups in total. The number of phenols is 1. The standard InChI is InChI=1S/C14H22O/c1-9(2)6-12-7-11(5)14(15)13(8-12)10(3)4/h7-10,15H,6H2,1-5H3. The van der Waals surface area contributed by atoms with Crippen molar-refractivity contribution in [1.29, 1.82) is 0 Å². The van der Waals surface area contributed by atoms with E-state index in [9.17, 15) is 5.11 Å². The second-order valence-corrected chi connectivity index (χ2v) is 5.10. The number of rotatable bonds is 3. The number of benzene rings is 1. The lowest BCUT2D eigenvalue weighted by molar-refractivity contribution is 0.460. The Kier molecular flexibility index (Phi) is 3.78. The van der Waals surface area contributed by atoms with Crippen molar-refractivity contribution in [3.8, 4) is 5.75 Å². The molecule has 0 spiro atoms. The fourth-order valence-electron chi connectivity index (χ4n) is 1.91. The number of aryl methyl sites for hydroxylation is 1. The maximum Gasteiger partial charge on any atom is 0.121 e. The lowest BCUT2D eigenvalue weighted by Gasteiger charge is -2.14. The molecule has 0 atom stereocenters. The minimum atomic E-state index is 0.385. The SMILES string of the molecule is Cc1cc(CC(C)C)cc(C(C)C)c1O. The van der Waals surface area contributed by atoms with Gasteiger partial charge in [-0.3, -0.25) is 0 Å². The molecule has 0 fully saturated rings. The molecule has 1 aromatic carbocycles. The van der Waals surface area contributed by atoms with Crippen LogP contribution in [0, 0.1) is 12.8 Å². The first-order valence-corrected chi connectivity index (χ1v) is 5.74. The van der Waals surface area contributed by atoms with E-state index in [0.29, 0.717) is 17.6 Å². The van der Waals surface area contributed by atoms with Gasteiger partial charge in [0.2, 0.25) is 0 Å². The Morgan fingerprint density at radius 3 is 2.20 bits per heavy atom. The van der Waals surface area contributed by atoms with Gasteiger partial charge in [0.15, 0.2) is 0 Å². The van der Waals surface area contributed by atoms with E-state index in [1.807, 2.05) is 6.92 Å². The molecular weight excluding hydrogens is 184 g/mol. The zero-order chi connectivity index (χ0) is 11.6. The van der Waals surface area contributed by atoms with E-state index in [1.165, 1.54) is 5.56 Å². The number of phenolic OH excluding ortho intramolecular Hbond substituents is 1. The second-order valence-electron chi connectivity index (χ2n) is 5.10. The summed E-state index contributed by atoms with van der Waals surface area (Å²) < 4.78 is 0. The van der Waals surface area contributed by atoms with Gasteiger partial charge in [-0.05, 0) is 41.9 Å². The van der Waals surface area contributed by atoms with E-state index in [4.69, 9.17) is 0 Å². The molecule has 0 saturated carbocycles. The first-order chi connectivity index (χ1) is 6.91. The van der Waals surface area contributed by atoms with E-state index in [2.05, 4.69) is 39.8 Å². The van der Waals surface area contributed by atoms with Crippen molar-refractivity contribution >= 4 is 0 Å². The minimum absolute atomic E-state index is 0.385. The summed E-state index contributed by atoms with van der Waals surface area (Å²) in [6.07, 6.45) is 1.08. The smallest absolute Gasteiger partial charge is 0.121 e. The van der Waals surface area contributed by atoms with Crippen LogP contribution < -0.4 is 0 Å². The van der Waals surface area contributed by atoms with E-state index >= 15 is 0 Å². The van der Waals surface area contributed by atoms with Crippen molar-refractivity contribution in [3.63, 3.8) is 0 Å². The van der Waals surface area contributed by atoms with Crippen molar-refractivity contribution < 1.29 is 5.11 Å². The molecule has 1 rings (SSSR count). The number of hydrogen-bond acceptors (Lipinski definition) is 1. The molecular formula is C14H22O. The maximum atomic E-state index is 9.93. The summed E-state index contributed by atoms with van der Waals surface area (Å²) in [6.45, 7) is 10.7. The van der Waals surface area contributed by atoms with Crippen LogP contribution in [0.5, 0.6) is 5.75 Å². The molecule has 0 amide bonds. The van der Waals surface area contributed by atoms with E-state index in [-0.39, 0.29) is 0 Å². The average molecular weight is 206 g/mol. The van der Waals surface area contributed by atoms with Gasteiger partial charge < -0.3 is 5.11 Å². The lowest BCUT2D eigenvalue weighted by Crippen LogP contribution is -1.98. The molecule has 84 valence electrons. The van der Waals surface area contributed by atoms with Gasteiger partial charge in [-0.15, -0.1) is 0 Å². The van der Waals surface area contributed by atoms with Gasteiger partial charge in [0.1, 0.15) is 5.75 Å². The van der Waals surface area contributed by atoms with Gasteiger partial charge in [0, 0.05) is 0 Å². The highest BCUT2D eigenvalue weighted by molar-refractivity contribution is 5.44. The molecule has 1 nitrogen and oxygen atoms in total. The van der Waals surface area contributed by atoms with Gasteiger partial charge in [-0.2, -0.15) is 0 Å². The molecule has 0 aliphatic rings. The van der Waals surface area contributed by atoms with E-state index in [0.717, 1.165) is 17.5 Å². The Labute approximate surface area is 93.1 Å². The van der Waals surface area contributed by atoms with Crippen molar-refractivity contribution in [1.82, 2.24) is 0 Å². The Bertz CT molecular complexity index is 337. The summed E-state index contributed by atoms with van der Waals surface area (Å²) in [5.41, 5.74) is 3.41. The molecule has 1 heteroatoms. The van der Waals surface area contributed by atoms with Crippen LogP contribution in [0.4, 0.5) is 0 Å². The monoisotopic (exact) mass is 206 g/mol. The topological polar surface area (TPSA) is 20.2 Å². The quantitative estimate of drug-likeness (QED) is 0.792. The Morgan fingerprint density at radius 1 is 1.13 bits per heavy atom. The van der Waals surface area contributed by atoms with Crippen molar-refractivity contribution in [2.75, 3.05) is 0 Å². The average Bonchev–Trinajstić information content (AvgIpc) is 2.09. The highest BCUT2D eigenvalue weighted by Crippen LogP contribution is 2.30. The van der Waals surface area contributed by atoms with Gasteiger partial charge in [-0.25, -0.2) is 0 Å². The summed E-state index contributed by atoms with van der Waals surface area (Å²) >= 11 is 0. The molecule has 0 bridgehead atoms. The Hall–Kier alpha value is -0.980. The minimum Gasteiger partial charge on any atom is -0.507 e. The predicted molar refractivity (Wildman–Crippen MR) is 65.5 cm³/mol. The van der Waals surface area contributed by atoms with E-state index in [1.54, 1.807) is 0 Å². The van der Waals surface area contributed by atoms with Crippen LogP contribution in [0.1, 0.15) is 50.3 Å². The van der Waals surface area contributed by atoms with E-state index < -0.39 is 0 Å². The highest BCUT2D eigenvalue weighted by atomic mass is 16.3. The molecule has 0 aromatic heterocycles. The number of aromatic hydroxyl groups is 1. The zero-order valence-corrected chi connectivity index (χ0v) is 10.5. The van der Waals surface area contributed by atoms with Crippen molar-refractivity contribution in [3.05, 3.63) is 28.8 Å². The van der Waals surface area contributed by atoms with Crippen molar-refractivity contribution in [2.45, 2.75) is 47.0 Å². The fourth-order valence-corrected chi connectivity index (χ4v) is 1.91. The molecule has 0 heterocycles. The number of hydrogen-bond donors (Lipinski definition) is 1. The first-order valence-electron chi connectivity index (χ1n) is 5.74. The van der Waals surface area contributed by atoms with Crippen LogP contribution in [0.3, 0.4) is 0 Å². The van der Waals surface area contributed by atoms with Crippen molar-refractivity contribution in [2.24, 2.45) is 5.92 Å². The summed E-state index contributed by atoms with van der Waals surface area (Å²) in [6, 6.07) is 4.24. The summed E-state index contributed by atoms with van der Waals surface area (Å²) in [5.74, 6) is 1.52. The third-order valence-electron chi connectivity index (χ3n) is 2.66. The molecule has 1 aromatic rings. The van der Waals surface area contributed by atoms with Crippen LogP contribution in [0.25, 0.3) is 0 Å². The largest absolute Gasteiger partial charge is 0.507 e. The van der Waals surface area contributed by atoms with Crippen LogP contribution in [0.15, 0.2) is 12.1 Å². The van der Waals surface area contributed by atoms with Gasteiger partial charge in [0.25, 0.3) is 0 Å². The third kappa shape index (κ3) is 2.98. The molecule has 0 radical (unpaired) electrons. The summed E-state index contributed by atoms with van der Waals surface area (Å²) in [7, 11) is 0. The van der Waals surface area contributed by atoms with Crippen LogP contribution in [0.2, 0.25) is 0 Å². The fraction of sp³-hybridized carbons (Fsp3) is 0.571. The Morgan fingerprint density at radius 2 is 1.73 bits per heavy atom. The summed E-state index contributed by atoms with van der Waals surface area (Å²) in [5, 5.41) is 9.93.